The molecular formula is C30H36Fe2N15O21P3. The van der Waals surface area contributed by atoms with Crippen molar-refractivity contribution in [3.63, 3.8) is 0 Å². The van der Waals surface area contributed by atoms with Crippen LogP contribution in [0.25, 0.3) is 33.5 Å². The van der Waals surface area contributed by atoms with Crippen LogP contribution >= 0.6 is 23.5 Å². The van der Waals surface area contributed by atoms with Gasteiger partial charge in [0.25, 0.3) is 0 Å². The van der Waals surface area contributed by atoms with E-state index < -0.39 is 117 Å². The van der Waals surface area contributed by atoms with E-state index in [1.165, 1.54) is 51.7 Å². The summed E-state index contributed by atoms with van der Waals surface area (Å²) < 4.78 is 63.8. The standard InChI is InChI=1S/3C10H14N5O7P.2Fe/c3*11-8-5-9(13-2-12-8)15(3-14-5)10-7(17)6(16)4(22-10)1-21-23(18,19)20;;/h3*2-4,6-7,10,16-17H,1H2,(H2,11,12,13)(H2,18,19,20);;/q;;;2*+3/p-6/t3*4-,6-,7-,10-;;/m111../s1. The van der Waals surface area contributed by atoms with Gasteiger partial charge in [-0.05, 0) is 0 Å². The van der Waals surface area contributed by atoms with E-state index in [0.29, 0.717) is 0 Å². The molecule has 6 aromatic heterocycles. The molecule has 6 aromatic rings. The second-order valence-electron chi connectivity index (χ2n) is 14.6. The predicted molar refractivity (Wildman–Crippen MR) is 208 cm³/mol. The summed E-state index contributed by atoms with van der Waals surface area (Å²) in [5, 5.41) is 60.0. The van der Waals surface area contributed by atoms with Crippen LogP contribution in [0.3, 0.4) is 0 Å². The maximum absolute atomic E-state index is 10.5. The second kappa shape index (κ2) is 23.1. The van der Waals surface area contributed by atoms with Crippen LogP contribution in [-0.4, -0.2) is 164 Å². The second-order valence-corrected chi connectivity index (χ2v) is 18.1. The van der Waals surface area contributed by atoms with Gasteiger partial charge in [0, 0.05) is 0 Å². The number of aromatic nitrogens is 12. The van der Waals surface area contributed by atoms with Crippen LogP contribution < -0.4 is 46.6 Å². The molecule has 3 fully saturated rings. The van der Waals surface area contributed by atoms with Crippen LogP contribution in [0.2, 0.25) is 0 Å². The summed E-state index contributed by atoms with van der Waals surface area (Å²) in [6.45, 7) is -2.16. The van der Waals surface area contributed by atoms with Crippen molar-refractivity contribution in [1.82, 2.24) is 58.6 Å². The van der Waals surface area contributed by atoms with Crippen molar-refractivity contribution in [3.05, 3.63) is 38.0 Å². The number of imidazole rings is 3. The summed E-state index contributed by atoms with van der Waals surface area (Å²) in [5.74, 6) is 0.376. The maximum Gasteiger partial charge on any atom is 3.00 e. The van der Waals surface area contributed by atoms with E-state index in [4.69, 9.17) is 31.4 Å². The number of phosphoric ester groups is 3. The van der Waals surface area contributed by atoms with Gasteiger partial charge < -0.3 is 119 Å². The smallest absolute Gasteiger partial charge is 0.790 e. The molecule has 41 heteroatoms. The van der Waals surface area contributed by atoms with Gasteiger partial charge >= 0.3 is 34.1 Å². The molecule has 0 unspecified atom stereocenters. The van der Waals surface area contributed by atoms with E-state index in [0.717, 1.165) is 0 Å². The first-order valence-electron chi connectivity index (χ1n) is 19.2. The fourth-order valence-electron chi connectivity index (χ4n) is 6.95. The number of fused-ring (bicyclic) bond motifs is 3. The van der Waals surface area contributed by atoms with Gasteiger partial charge in [-0.2, -0.15) is 0 Å². The molecule has 3 saturated heterocycles. The third-order valence-corrected chi connectivity index (χ3v) is 11.6. The van der Waals surface area contributed by atoms with E-state index >= 15 is 0 Å². The molecule has 388 valence electrons. The molecule has 0 spiro atoms. The minimum absolute atomic E-state index is 0. The number of anilines is 3. The van der Waals surface area contributed by atoms with Crippen molar-refractivity contribution in [2.24, 2.45) is 0 Å². The minimum Gasteiger partial charge on any atom is -0.790 e. The molecule has 3 aliphatic heterocycles. The normalized spacial score (nSPS) is 27.7. The molecule has 0 saturated carbocycles. The molecular weight excluding hydrogens is 1110 g/mol. The molecule has 0 aliphatic carbocycles. The third kappa shape index (κ3) is 13.2. The Bertz CT molecular complexity index is 2610. The van der Waals surface area contributed by atoms with Crippen LogP contribution in [0, 0.1) is 0 Å². The summed E-state index contributed by atoms with van der Waals surface area (Å²) in [7, 11) is -15.7. The number of nitrogen functional groups attached to an aromatic ring is 3. The Morgan fingerprint density at radius 3 is 0.915 bits per heavy atom. The number of hydrogen-bond acceptors (Lipinski definition) is 33. The van der Waals surface area contributed by atoms with E-state index in [1.807, 2.05) is 0 Å². The molecule has 9 rings (SSSR count). The largest absolute Gasteiger partial charge is 3.00 e. The number of nitrogens with two attached hydrogens (primary N) is 3. The summed E-state index contributed by atoms with van der Waals surface area (Å²) in [5.41, 5.74) is 18.6. The topological polar surface area (TPSA) is 575 Å². The van der Waals surface area contributed by atoms with Gasteiger partial charge in [-0.1, -0.05) is 0 Å². The zero-order chi connectivity index (χ0) is 50.3. The number of ether oxygens (including phenoxy) is 3. The van der Waals surface area contributed by atoms with Crippen LogP contribution in [-0.2, 0) is 75.6 Å². The molecule has 9 heterocycles. The van der Waals surface area contributed by atoms with Crippen LogP contribution in [0.4, 0.5) is 17.5 Å². The molecule has 0 aromatic carbocycles. The van der Waals surface area contributed by atoms with Crippen molar-refractivity contribution in [2.75, 3.05) is 37.0 Å². The molecule has 12 N–H and O–H groups in total. The molecule has 0 amide bonds. The summed E-state index contributed by atoms with van der Waals surface area (Å²) in [4.78, 5) is 98.3. The number of aliphatic hydroxyl groups is 6. The molecule has 3 aliphatic rings. The fraction of sp³-hybridized carbons (Fsp3) is 0.500. The monoisotopic (exact) mass is 1150 g/mol. The first-order valence-corrected chi connectivity index (χ1v) is 23.5. The van der Waals surface area contributed by atoms with Crippen molar-refractivity contribution in [2.45, 2.75) is 73.6 Å². The van der Waals surface area contributed by atoms with Gasteiger partial charge in [0.1, 0.15) is 90.5 Å². The molecule has 71 heavy (non-hydrogen) atoms. The minimum atomic E-state index is -5.22. The summed E-state index contributed by atoms with van der Waals surface area (Å²) >= 11 is 0. The van der Waals surface area contributed by atoms with Crippen LogP contribution in [0.1, 0.15) is 18.7 Å². The Balaban J connectivity index is 0.000000195. The van der Waals surface area contributed by atoms with Gasteiger partial charge in [-0.25, -0.2) is 44.9 Å². The van der Waals surface area contributed by atoms with E-state index in [1.54, 1.807) is 0 Å². The van der Waals surface area contributed by atoms with Crippen molar-refractivity contribution >= 4 is 74.4 Å². The average molecular weight is 1150 g/mol. The first-order chi connectivity index (χ1) is 32.3. The predicted octanol–water partition coefficient (Wildman–Crippen LogP) is -9.39. The Labute approximate surface area is 415 Å². The van der Waals surface area contributed by atoms with Crippen molar-refractivity contribution < 1.29 is 136 Å². The summed E-state index contributed by atoms with van der Waals surface area (Å²) in [6, 6.07) is 0. The summed E-state index contributed by atoms with van der Waals surface area (Å²) in [6.07, 6.45) is -8.24. The first kappa shape index (κ1) is 58.0. The average Bonchev–Trinajstić information content (AvgIpc) is 4.14. The van der Waals surface area contributed by atoms with Gasteiger partial charge in [0.2, 0.25) is 0 Å². The zero-order valence-corrected chi connectivity index (χ0v) is 39.9. The quantitative estimate of drug-likeness (QED) is 0.0406. The zero-order valence-electron chi connectivity index (χ0n) is 35.0. The molecule has 2 radical (unpaired) electrons. The van der Waals surface area contributed by atoms with Crippen molar-refractivity contribution in [3.8, 4) is 0 Å². The van der Waals surface area contributed by atoms with Crippen LogP contribution in [0.15, 0.2) is 38.0 Å². The maximum atomic E-state index is 10.5. The Morgan fingerprint density at radius 1 is 0.451 bits per heavy atom. The number of nitrogens with zero attached hydrogens (tertiary/aromatic N) is 12. The van der Waals surface area contributed by atoms with E-state index in [2.05, 4.69) is 58.4 Å². The molecule has 36 nitrogen and oxygen atoms in total. The van der Waals surface area contributed by atoms with Gasteiger partial charge in [-0.3, -0.25) is 13.7 Å². The SMILES string of the molecule is Nc1ncnc2c1ncn2[C@@H]1O[C@H](COP(=O)([O-])[O-])[C@@H](O)[C@H]1O.Nc1ncnc2c1ncn2[C@@H]1O[C@H](COP(=O)([O-])[O-])[C@@H](O)[C@H]1O.Nc1ncnc2c1ncn2[C@@H]1O[C@H](COP(=O)([O-])[O-])[C@@H](O)[C@H]1O.[Fe+3].[Fe+3]. The van der Waals surface area contributed by atoms with Crippen LogP contribution in [0.5, 0.6) is 0 Å². The Morgan fingerprint density at radius 2 is 0.690 bits per heavy atom. The van der Waals surface area contributed by atoms with Gasteiger partial charge in [0.15, 0.2) is 53.1 Å². The third-order valence-electron chi connectivity index (χ3n) is 10.2. The fourth-order valence-corrected chi connectivity index (χ4v) is 7.94. The number of hydrogen-bond donors (Lipinski definition) is 9. The Hall–Kier alpha value is -3.94. The Kier molecular flexibility index (Phi) is 18.8. The van der Waals surface area contributed by atoms with E-state index in [9.17, 15) is 73.7 Å². The molecule has 0 bridgehead atoms. The number of rotatable bonds is 12. The van der Waals surface area contributed by atoms with Crippen molar-refractivity contribution in [1.29, 1.82) is 0 Å². The molecule has 12 atom stereocenters. The number of aliphatic hydroxyl groups excluding tert-OH is 6. The van der Waals surface area contributed by atoms with Gasteiger partial charge in [0.05, 0.1) is 62.3 Å². The van der Waals surface area contributed by atoms with Gasteiger partial charge in [-0.15, -0.1) is 0 Å². The number of phosphoric acid groups is 3. The van der Waals surface area contributed by atoms with E-state index in [-0.39, 0.29) is 85.1 Å².